The predicted molar refractivity (Wildman–Crippen MR) is 83.8 cm³/mol. The molecule has 3 N–H and O–H groups in total. The number of aromatic amines is 2. The van der Waals surface area contributed by atoms with Crippen LogP contribution in [0.15, 0.2) is 20.6 Å². The third kappa shape index (κ3) is 3.94. The summed E-state index contributed by atoms with van der Waals surface area (Å²) in [6.45, 7) is -0.0292. The largest absolute Gasteiger partial charge is 0.417 e. The Balaban J connectivity index is 2.67. The van der Waals surface area contributed by atoms with Gasteiger partial charge in [-0.05, 0) is 6.07 Å². The maximum atomic E-state index is 13.1. The fourth-order valence-corrected chi connectivity index (χ4v) is 3.43. The number of alkyl halides is 3. The van der Waals surface area contributed by atoms with E-state index >= 15 is 0 Å². The Morgan fingerprint density at radius 2 is 2.04 bits per heavy atom. The number of fused-ring (bicyclic) bond motifs is 1. The summed E-state index contributed by atoms with van der Waals surface area (Å²) in [5, 5.41) is 8.66. The number of nitrogens with one attached hydrogen (secondary N) is 2. The van der Waals surface area contributed by atoms with Gasteiger partial charge >= 0.3 is 11.9 Å². The predicted octanol–water partition coefficient (Wildman–Crippen LogP) is 1.99. The SMILES string of the molecule is COCC(O)CSc1c(Cl)c(C(F)(F)F)cc2c(=O)[nH]c(=O)[nH]c12. The molecule has 2 aromatic rings. The minimum Gasteiger partial charge on any atom is -0.390 e. The molecule has 0 aliphatic carbocycles. The van der Waals surface area contributed by atoms with Crippen molar-refractivity contribution in [1.82, 2.24) is 9.97 Å². The van der Waals surface area contributed by atoms with Crippen molar-refractivity contribution in [1.29, 1.82) is 0 Å². The number of aliphatic hydroxyl groups is 1. The summed E-state index contributed by atoms with van der Waals surface area (Å²) in [7, 11) is 1.36. The van der Waals surface area contributed by atoms with Crippen LogP contribution in [0.2, 0.25) is 5.02 Å². The molecule has 1 heterocycles. The number of rotatable bonds is 5. The summed E-state index contributed by atoms with van der Waals surface area (Å²) in [4.78, 5) is 27.3. The van der Waals surface area contributed by atoms with Gasteiger partial charge in [0.2, 0.25) is 0 Å². The van der Waals surface area contributed by atoms with Crippen LogP contribution in [0.4, 0.5) is 13.2 Å². The van der Waals surface area contributed by atoms with Crippen LogP contribution in [0.1, 0.15) is 5.56 Å². The van der Waals surface area contributed by atoms with Gasteiger partial charge in [0.15, 0.2) is 0 Å². The molecule has 0 bridgehead atoms. The van der Waals surface area contributed by atoms with Gasteiger partial charge in [-0.3, -0.25) is 9.78 Å². The fraction of sp³-hybridized carbons (Fsp3) is 0.385. The molecule has 2 rings (SSSR count). The second-order valence-electron chi connectivity index (χ2n) is 4.82. The summed E-state index contributed by atoms with van der Waals surface area (Å²) in [5.41, 5.74) is -3.15. The van der Waals surface area contributed by atoms with E-state index < -0.39 is 34.1 Å². The van der Waals surface area contributed by atoms with E-state index in [0.29, 0.717) is 6.07 Å². The lowest BCUT2D eigenvalue weighted by molar-refractivity contribution is -0.137. The van der Waals surface area contributed by atoms with E-state index in [4.69, 9.17) is 16.3 Å². The summed E-state index contributed by atoms with van der Waals surface area (Å²) in [5.74, 6) is -0.0429. The number of halogens is 4. The molecule has 24 heavy (non-hydrogen) atoms. The highest BCUT2D eigenvalue weighted by molar-refractivity contribution is 7.99. The number of thioether (sulfide) groups is 1. The molecule has 0 fully saturated rings. The normalized spacial score (nSPS) is 13.4. The number of aromatic nitrogens is 2. The zero-order chi connectivity index (χ0) is 18.1. The fourth-order valence-electron chi connectivity index (χ4n) is 2.01. The third-order valence-corrected chi connectivity index (χ3v) is 4.77. The highest BCUT2D eigenvalue weighted by Gasteiger charge is 2.35. The van der Waals surface area contributed by atoms with E-state index in [2.05, 4.69) is 4.98 Å². The molecular formula is C13H12ClF3N2O4S. The second-order valence-corrected chi connectivity index (χ2v) is 6.22. The van der Waals surface area contributed by atoms with Crippen molar-refractivity contribution in [3.63, 3.8) is 0 Å². The number of hydrogen-bond acceptors (Lipinski definition) is 5. The van der Waals surface area contributed by atoms with Gasteiger partial charge in [0.25, 0.3) is 5.56 Å². The number of hydrogen-bond donors (Lipinski definition) is 3. The van der Waals surface area contributed by atoms with Gasteiger partial charge in [0.1, 0.15) is 0 Å². The van der Waals surface area contributed by atoms with Crippen LogP contribution in [0.5, 0.6) is 0 Å². The van der Waals surface area contributed by atoms with Crippen LogP contribution < -0.4 is 11.2 Å². The van der Waals surface area contributed by atoms with Crippen molar-refractivity contribution in [3.8, 4) is 0 Å². The van der Waals surface area contributed by atoms with Crippen LogP contribution in [0.25, 0.3) is 10.9 Å². The maximum Gasteiger partial charge on any atom is 0.417 e. The number of methoxy groups -OCH3 is 1. The van der Waals surface area contributed by atoms with Gasteiger partial charge in [-0.1, -0.05) is 11.6 Å². The van der Waals surface area contributed by atoms with E-state index in [1.54, 1.807) is 0 Å². The minimum absolute atomic E-state index is 0.0292. The standard InChI is InChI=1S/C13H12ClF3N2O4S/c1-23-3-5(20)4-24-10-8(14)7(13(15,16)17)2-6-9(10)18-12(22)19-11(6)21/h2,5,20H,3-4H2,1H3,(H2,18,19,21,22). The molecule has 0 radical (unpaired) electrons. The molecule has 0 saturated heterocycles. The van der Waals surface area contributed by atoms with Crippen molar-refractivity contribution in [3.05, 3.63) is 37.5 Å². The first-order valence-electron chi connectivity index (χ1n) is 6.51. The molecule has 0 saturated carbocycles. The van der Waals surface area contributed by atoms with Gasteiger partial charge in [-0.15, -0.1) is 11.8 Å². The maximum absolute atomic E-state index is 13.1. The number of aliphatic hydroxyl groups excluding tert-OH is 1. The van der Waals surface area contributed by atoms with Crippen molar-refractivity contribution < 1.29 is 23.0 Å². The molecule has 1 unspecified atom stereocenters. The van der Waals surface area contributed by atoms with Gasteiger partial charge in [0, 0.05) is 12.9 Å². The van der Waals surface area contributed by atoms with E-state index in [1.807, 2.05) is 4.98 Å². The van der Waals surface area contributed by atoms with E-state index in [1.165, 1.54) is 7.11 Å². The molecule has 1 aromatic heterocycles. The van der Waals surface area contributed by atoms with Gasteiger partial charge in [0.05, 0.1) is 39.1 Å². The topological polar surface area (TPSA) is 95.2 Å². The lowest BCUT2D eigenvalue weighted by Crippen LogP contribution is -2.23. The molecule has 0 aliphatic heterocycles. The van der Waals surface area contributed by atoms with Crippen LogP contribution in [-0.4, -0.2) is 40.6 Å². The molecule has 0 aliphatic rings. The molecule has 1 aromatic carbocycles. The third-order valence-electron chi connectivity index (χ3n) is 3.02. The lowest BCUT2D eigenvalue weighted by Gasteiger charge is -2.16. The summed E-state index contributed by atoms with van der Waals surface area (Å²) in [6.07, 6.45) is -5.75. The van der Waals surface area contributed by atoms with Crippen LogP contribution >= 0.6 is 23.4 Å². The zero-order valence-corrected chi connectivity index (χ0v) is 13.7. The Hall–Kier alpha value is -1.49. The van der Waals surface area contributed by atoms with Crippen LogP contribution in [0, 0.1) is 0 Å². The molecule has 0 amide bonds. The minimum atomic E-state index is -4.78. The number of H-pyrrole nitrogens is 2. The monoisotopic (exact) mass is 384 g/mol. The van der Waals surface area contributed by atoms with E-state index in [-0.39, 0.29) is 28.2 Å². The lowest BCUT2D eigenvalue weighted by atomic mass is 10.1. The molecule has 11 heteroatoms. The van der Waals surface area contributed by atoms with Crippen molar-refractivity contribution in [2.75, 3.05) is 19.5 Å². The first-order chi connectivity index (χ1) is 11.1. The van der Waals surface area contributed by atoms with Gasteiger partial charge in [-0.25, -0.2) is 4.79 Å². The first-order valence-corrected chi connectivity index (χ1v) is 7.87. The Labute approximate surface area is 142 Å². The van der Waals surface area contributed by atoms with Crippen LogP contribution in [0.3, 0.4) is 0 Å². The van der Waals surface area contributed by atoms with E-state index in [9.17, 15) is 27.9 Å². The molecule has 1 atom stereocenters. The Kier molecular flexibility index (Phi) is 5.63. The Bertz CT molecular complexity index is 865. The second kappa shape index (κ2) is 7.18. The molecule has 0 spiro atoms. The van der Waals surface area contributed by atoms with Crippen molar-refractivity contribution in [2.24, 2.45) is 0 Å². The summed E-state index contributed by atoms with van der Waals surface area (Å²) in [6, 6.07) is 0.585. The van der Waals surface area contributed by atoms with Crippen LogP contribution in [-0.2, 0) is 10.9 Å². The molecule has 6 nitrogen and oxygen atoms in total. The van der Waals surface area contributed by atoms with Gasteiger partial charge < -0.3 is 14.8 Å². The number of ether oxygens (including phenoxy) is 1. The Morgan fingerprint density at radius 1 is 1.38 bits per heavy atom. The first kappa shape index (κ1) is 18.8. The quantitative estimate of drug-likeness (QED) is 0.685. The average molecular weight is 385 g/mol. The number of benzene rings is 1. The Morgan fingerprint density at radius 3 is 2.62 bits per heavy atom. The summed E-state index contributed by atoms with van der Waals surface area (Å²) >= 11 is 6.64. The van der Waals surface area contributed by atoms with Crippen molar-refractivity contribution >= 4 is 34.3 Å². The zero-order valence-electron chi connectivity index (χ0n) is 12.2. The summed E-state index contributed by atoms with van der Waals surface area (Å²) < 4.78 is 44.2. The molecule has 132 valence electrons. The van der Waals surface area contributed by atoms with E-state index in [0.717, 1.165) is 11.8 Å². The van der Waals surface area contributed by atoms with Crippen molar-refractivity contribution in [2.45, 2.75) is 17.2 Å². The highest BCUT2D eigenvalue weighted by atomic mass is 35.5. The smallest absolute Gasteiger partial charge is 0.390 e. The average Bonchev–Trinajstić information content (AvgIpc) is 2.44. The highest BCUT2D eigenvalue weighted by Crippen LogP contribution is 2.42. The van der Waals surface area contributed by atoms with Gasteiger partial charge in [-0.2, -0.15) is 13.2 Å². The molecular weight excluding hydrogens is 373 g/mol.